The summed E-state index contributed by atoms with van der Waals surface area (Å²) in [6, 6.07) is 16.1. The van der Waals surface area contributed by atoms with Gasteiger partial charge in [0.25, 0.3) is 5.91 Å². The number of hydrogen-bond acceptors (Lipinski definition) is 4. The highest BCUT2D eigenvalue weighted by molar-refractivity contribution is 5.87. The molecule has 0 aliphatic rings. The summed E-state index contributed by atoms with van der Waals surface area (Å²) in [6.07, 6.45) is 1.91. The SMILES string of the molecule is CCCCNC(=O)[C@@H](C)N(Cc1ccccc1)C(=O)COc1ccc(OC)cc1. The van der Waals surface area contributed by atoms with E-state index >= 15 is 0 Å². The van der Waals surface area contributed by atoms with Crippen LogP contribution in [0.5, 0.6) is 11.5 Å². The summed E-state index contributed by atoms with van der Waals surface area (Å²) < 4.78 is 10.8. The molecule has 0 aliphatic heterocycles. The molecule has 1 N–H and O–H groups in total. The Morgan fingerprint density at radius 1 is 1.03 bits per heavy atom. The van der Waals surface area contributed by atoms with Crippen molar-refractivity contribution in [1.82, 2.24) is 10.2 Å². The first-order valence-corrected chi connectivity index (χ1v) is 9.93. The summed E-state index contributed by atoms with van der Waals surface area (Å²) in [7, 11) is 1.59. The number of benzene rings is 2. The van der Waals surface area contributed by atoms with Crippen molar-refractivity contribution in [3.63, 3.8) is 0 Å². The smallest absolute Gasteiger partial charge is 0.261 e. The molecule has 6 heteroatoms. The zero-order valence-corrected chi connectivity index (χ0v) is 17.4. The van der Waals surface area contributed by atoms with Gasteiger partial charge in [-0.1, -0.05) is 43.7 Å². The highest BCUT2D eigenvalue weighted by Gasteiger charge is 2.26. The van der Waals surface area contributed by atoms with E-state index in [4.69, 9.17) is 9.47 Å². The normalized spacial score (nSPS) is 11.4. The van der Waals surface area contributed by atoms with E-state index in [1.807, 2.05) is 30.3 Å². The van der Waals surface area contributed by atoms with Crippen molar-refractivity contribution in [2.24, 2.45) is 0 Å². The van der Waals surface area contributed by atoms with E-state index in [1.165, 1.54) is 0 Å². The van der Waals surface area contributed by atoms with Crippen LogP contribution >= 0.6 is 0 Å². The average molecular weight is 399 g/mol. The van der Waals surface area contributed by atoms with Gasteiger partial charge in [0, 0.05) is 13.1 Å². The molecule has 29 heavy (non-hydrogen) atoms. The number of rotatable bonds is 11. The Morgan fingerprint density at radius 3 is 2.31 bits per heavy atom. The third-order valence-electron chi connectivity index (χ3n) is 4.61. The lowest BCUT2D eigenvalue weighted by Crippen LogP contribution is -2.49. The minimum atomic E-state index is -0.598. The number of nitrogens with zero attached hydrogens (tertiary/aromatic N) is 1. The minimum absolute atomic E-state index is 0.147. The standard InChI is InChI=1S/C23H30N2O4/c1-4-5-15-24-23(27)18(2)25(16-19-9-7-6-8-10-19)22(26)17-29-21-13-11-20(28-3)12-14-21/h6-14,18H,4-5,15-17H2,1-3H3,(H,24,27)/t18-/m1/s1. The fourth-order valence-electron chi connectivity index (χ4n) is 2.80. The Bertz CT molecular complexity index is 762. The molecule has 0 aliphatic carbocycles. The molecule has 6 nitrogen and oxygen atoms in total. The second-order valence-corrected chi connectivity index (χ2v) is 6.79. The maximum Gasteiger partial charge on any atom is 0.261 e. The minimum Gasteiger partial charge on any atom is -0.497 e. The third-order valence-corrected chi connectivity index (χ3v) is 4.61. The summed E-state index contributed by atoms with van der Waals surface area (Å²) in [5.41, 5.74) is 0.957. The van der Waals surface area contributed by atoms with E-state index in [-0.39, 0.29) is 18.4 Å². The lowest BCUT2D eigenvalue weighted by molar-refractivity contribution is -0.142. The van der Waals surface area contributed by atoms with E-state index in [0.29, 0.717) is 24.6 Å². The monoisotopic (exact) mass is 398 g/mol. The topological polar surface area (TPSA) is 67.9 Å². The Morgan fingerprint density at radius 2 is 1.69 bits per heavy atom. The number of methoxy groups -OCH3 is 1. The molecule has 0 saturated heterocycles. The second-order valence-electron chi connectivity index (χ2n) is 6.79. The van der Waals surface area contributed by atoms with Crippen LogP contribution in [0.3, 0.4) is 0 Å². The van der Waals surface area contributed by atoms with Gasteiger partial charge in [-0.3, -0.25) is 9.59 Å². The van der Waals surface area contributed by atoms with Crippen molar-refractivity contribution in [3.8, 4) is 11.5 Å². The van der Waals surface area contributed by atoms with Crippen molar-refractivity contribution in [2.75, 3.05) is 20.3 Å². The van der Waals surface area contributed by atoms with Crippen LogP contribution in [0.1, 0.15) is 32.3 Å². The molecule has 2 amide bonds. The van der Waals surface area contributed by atoms with Crippen LogP contribution in [0.15, 0.2) is 54.6 Å². The molecule has 2 aromatic carbocycles. The van der Waals surface area contributed by atoms with E-state index < -0.39 is 6.04 Å². The van der Waals surface area contributed by atoms with Crippen LogP contribution in [-0.4, -0.2) is 43.0 Å². The van der Waals surface area contributed by atoms with E-state index in [0.717, 1.165) is 18.4 Å². The first-order valence-electron chi connectivity index (χ1n) is 9.93. The number of carbonyl (C=O) groups is 2. The van der Waals surface area contributed by atoms with Crippen LogP contribution in [0.4, 0.5) is 0 Å². The van der Waals surface area contributed by atoms with Crippen molar-refractivity contribution in [2.45, 2.75) is 39.3 Å². The molecule has 0 spiro atoms. The van der Waals surface area contributed by atoms with Gasteiger partial charge in [-0.25, -0.2) is 0 Å². The molecular weight excluding hydrogens is 368 g/mol. The molecule has 0 heterocycles. The fraction of sp³-hybridized carbons (Fsp3) is 0.391. The van der Waals surface area contributed by atoms with Crippen molar-refractivity contribution in [3.05, 3.63) is 60.2 Å². The van der Waals surface area contributed by atoms with Gasteiger partial charge in [0.1, 0.15) is 17.5 Å². The quantitative estimate of drug-likeness (QED) is 0.589. The maximum absolute atomic E-state index is 12.9. The molecule has 156 valence electrons. The fourth-order valence-corrected chi connectivity index (χ4v) is 2.80. The number of carbonyl (C=O) groups excluding carboxylic acids is 2. The number of hydrogen-bond donors (Lipinski definition) is 1. The highest BCUT2D eigenvalue weighted by Crippen LogP contribution is 2.17. The maximum atomic E-state index is 12.9. The van der Waals surface area contributed by atoms with Crippen LogP contribution < -0.4 is 14.8 Å². The molecule has 0 bridgehead atoms. The third kappa shape index (κ3) is 7.14. The van der Waals surface area contributed by atoms with Gasteiger partial charge in [-0.15, -0.1) is 0 Å². The molecule has 0 aromatic heterocycles. The first kappa shape index (κ1) is 22.3. The van der Waals surface area contributed by atoms with Gasteiger partial charge in [-0.2, -0.15) is 0 Å². The number of unbranched alkanes of at least 4 members (excludes halogenated alkanes) is 1. The number of ether oxygens (including phenoxy) is 2. The zero-order valence-electron chi connectivity index (χ0n) is 17.4. The Kier molecular flexibility index (Phi) is 9.02. The number of nitrogens with one attached hydrogen (secondary N) is 1. The zero-order chi connectivity index (χ0) is 21.1. The van der Waals surface area contributed by atoms with Crippen LogP contribution in [0.25, 0.3) is 0 Å². The molecule has 0 saturated carbocycles. The average Bonchev–Trinajstić information content (AvgIpc) is 2.76. The molecule has 2 aromatic rings. The summed E-state index contributed by atoms with van der Waals surface area (Å²) in [5, 5.41) is 2.90. The Hall–Kier alpha value is -3.02. The second kappa shape index (κ2) is 11.7. The Labute approximate surface area is 172 Å². The predicted molar refractivity (Wildman–Crippen MR) is 113 cm³/mol. The Balaban J connectivity index is 2.05. The molecule has 0 fully saturated rings. The summed E-state index contributed by atoms with van der Waals surface area (Å²) in [4.78, 5) is 27.0. The van der Waals surface area contributed by atoms with Gasteiger partial charge >= 0.3 is 0 Å². The first-order chi connectivity index (χ1) is 14.0. The molecule has 2 rings (SSSR count). The lowest BCUT2D eigenvalue weighted by atomic mass is 10.1. The predicted octanol–water partition coefficient (Wildman–Crippen LogP) is 3.41. The van der Waals surface area contributed by atoms with Crippen molar-refractivity contribution < 1.29 is 19.1 Å². The molecular formula is C23H30N2O4. The van der Waals surface area contributed by atoms with E-state index in [2.05, 4.69) is 12.2 Å². The summed E-state index contributed by atoms with van der Waals surface area (Å²) in [5.74, 6) is 0.876. The molecule has 1 atom stereocenters. The van der Waals surface area contributed by atoms with Crippen LogP contribution in [0.2, 0.25) is 0 Å². The molecule has 0 unspecified atom stereocenters. The van der Waals surface area contributed by atoms with Crippen molar-refractivity contribution in [1.29, 1.82) is 0 Å². The highest BCUT2D eigenvalue weighted by atomic mass is 16.5. The lowest BCUT2D eigenvalue weighted by Gasteiger charge is -2.28. The van der Waals surface area contributed by atoms with Crippen LogP contribution in [0, 0.1) is 0 Å². The van der Waals surface area contributed by atoms with E-state index in [1.54, 1.807) is 43.2 Å². The van der Waals surface area contributed by atoms with Crippen molar-refractivity contribution >= 4 is 11.8 Å². The van der Waals surface area contributed by atoms with E-state index in [9.17, 15) is 9.59 Å². The van der Waals surface area contributed by atoms with Gasteiger partial charge in [0.2, 0.25) is 5.91 Å². The van der Waals surface area contributed by atoms with Crippen LogP contribution in [-0.2, 0) is 16.1 Å². The summed E-state index contributed by atoms with van der Waals surface area (Å²) in [6.45, 7) is 4.61. The van der Waals surface area contributed by atoms with Gasteiger partial charge in [0.15, 0.2) is 6.61 Å². The summed E-state index contributed by atoms with van der Waals surface area (Å²) >= 11 is 0. The van der Waals surface area contributed by atoms with Gasteiger partial charge in [0.05, 0.1) is 7.11 Å². The molecule has 0 radical (unpaired) electrons. The van der Waals surface area contributed by atoms with Gasteiger partial charge < -0.3 is 19.7 Å². The largest absolute Gasteiger partial charge is 0.497 e. The van der Waals surface area contributed by atoms with Gasteiger partial charge in [-0.05, 0) is 43.2 Å². The number of amides is 2.